The molecule has 0 aliphatic carbocycles. The molecule has 0 unspecified atom stereocenters. The zero-order valence-electron chi connectivity index (χ0n) is 11.9. The minimum atomic E-state index is -0.105. The zero-order chi connectivity index (χ0) is 13.7. The zero-order valence-corrected chi connectivity index (χ0v) is 14.3. The molecule has 1 aromatic rings. The summed E-state index contributed by atoms with van der Waals surface area (Å²) in [7, 11) is 2.01. The number of piperidine rings is 1. The molecule has 0 saturated carbocycles. The second kappa shape index (κ2) is 8.98. The minimum absolute atomic E-state index is 0. The molecule has 20 heavy (non-hydrogen) atoms. The van der Waals surface area contributed by atoms with Gasteiger partial charge in [0.1, 0.15) is 5.82 Å². The second-order valence-corrected chi connectivity index (χ2v) is 6.26. The third kappa shape index (κ3) is 5.32. The summed E-state index contributed by atoms with van der Waals surface area (Å²) in [5.74, 6) is 0.727. The highest BCUT2D eigenvalue weighted by Gasteiger charge is 2.19. The van der Waals surface area contributed by atoms with E-state index in [1.807, 2.05) is 19.2 Å². The van der Waals surface area contributed by atoms with Gasteiger partial charge in [0.15, 0.2) is 0 Å². The lowest BCUT2D eigenvalue weighted by Crippen LogP contribution is -2.34. The first-order valence-electron chi connectivity index (χ1n) is 7.00. The summed E-state index contributed by atoms with van der Waals surface area (Å²) in [4.78, 5) is 2.36. The van der Waals surface area contributed by atoms with E-state index >= 15 is 0 Å². The molecule has 1 saturated heterocycles. The fourth-order valence-corrected chi connectivity index (χ4v) is 3.01. The Labute approximate surface area is 135 Å². The Morgan fingerprint density at radius 3 is 2.65 bits per heavy atom. The fourth-order valence-electron chi connectivity index (χ4n) is 2.67. The average molecular weight is 366 g/mol. The van der Waals surface area contributed by atoms with Gasteiger partial charge in [-0.1, -0.05) is 22.0 Å². The summed E-state index contributed by atoms with van der Waals surface area (Å²) in [5, 5.41) is 3.21. The molecule has 114 valence electrons. The predicted molar refractivity (Wildman–Crippen MR) is 87.9 cm³/mol. The molecule has 0 radical (unpaired) electrons. The standard InChI is InChI=1S/C15H22BrFN2.ClH/c1-18-7-4-12-5-8-19(9-6-12)11-13-2-3-14(16)10-15(13)17;/h2-3,10,12,18H,4-9,11H2,1H3;1H. The van der Waals surface area contributed by atoms with Crippen LogP contribution in [0.4, 0.5) is 4.39 Å². The summed E-state index contributed by atoms with van der Waals surface area (Å²) in [5.41, 5.74) is 0.803. The van der Waals surface area contributed by atoms with Crippen LogP contribution in [0.2, 0.25) is 0 Å². The van der Waals surface area contributed by atoms with Crippen LogP contribution in [-0.2, 0) is 6.54 Å². The van der Waals surface area contributed by atoms with Gasteiger partial charge in [-0.15, -0.1) is 12.4 Å². The maximum absolute atomic E-state index is 13.8. The molecule has 0 bridgehead atoms. The molecule has 2 nitrogen and oxygen atoms in total. The van der Waals surface area contributed by atoms with E-state index in [4.69, 9.17) is 0 Å². The van der Waals surface area contributed by atoms with E-state index in [-0.39, 0.29) is 18.2 Å². The molecule has 0 amide bonds. The van der Waals surface area contributed by atoms with Gasteiger partial charge in [0, 0.05) is 16.6 Å². The molecule has 1 aromatic carbocycles. The Morgan fingerprint density at radius 2 is 2.05 bits per heavy atom. The Kier molecular flexibility index (Phi) is 8.03. The summed E-state index contributed by atoms with van der Waals surface area (Å²) < 4.78 is 14.6. The molecule has 0 atom stereocenters. The van der Waals surface area contributed by atoms with Crippen LogP contribution in [-0.4, -0.2) is 31.6 Å². The van der Waals surface area contributed by atoms with E-state index in [0.717, 1.165) is 42.1 Å². The number of rotatable bonds is 5. The number of hydrogen-bond donors (Lipinski definition) is 1. The summed E-state index contributed by atoms with van der Waals surface area (Å²) in [6.07, 6.45) is 3.73. The van der Waals surface area contributed by atoms with Crippen molar-refractivity contribution in [2.24, 2.45) is 5.92 Å². The highest BCUT2D eigenvalue weighted by molar-refractivity contribution is 9.10. The number of hydrogen-bond acceptors (Lipinski definition) is 2. The van der Waals surface area contributed by atoms with E-state index in [1.165, 1.54) is 19.3 Å². The molecule has 1 fully saturated rings. The molecular weight excluding hydrogens is 343 g/mol. The van der Waals surface area contributed by atoms with E-state index in [1.54, 1.807) is 6.07 Å². The van der Waals surface area contributed by atoms with Crippen molar-refractivity contribution in [1.29, 1.82) is 0 Å². The van der Waals surface area contributed by atoms with Crippen molar-refractivity contribution in [1.82, 2.24) is 10.2 Å². The number of benzene rings is 1. The topological polar surface area (TPSA) is 15.3 Å². The first-order valence-corrected chi connectivity index (χ1v) is 7.79. The summed E-state index contributed by atoms with van der Waals surface area (Å²) >= 11 is 3.29. The van der Waals surface area contributed by atoms with Gasteiger partial charge >= 0.3 is 0 Å². The quantitative estimate of drug-likeness (QED) is 0.853. The van der Waals surface area contributed by atoms with Crippen LogP contribution >= 0.6 is 28.3 Å². The van der Waals surface area contributed by atoms with E-state index in [9.17, 15) is 4.39 Å². The predicted octanol–water partition coefficient (Wildman–Crippen LogP) is 3.83. The van der Waals surface area contributed by atoms with Crippen molar-refractivity contribution in [3.8, 4) is 0 Å². The smallest absolute Gasteiger partial charge is 0.128 e. The number of nitrogens with zero attached hydrogens (tertiary/aromatic N) is 1. The maximum atomic E-state index is 13.8. The normalized spacial score (nSPS) is 16.9. The van der Waals surface area contributed by atoms with Crippen LogP contribution in [0.15, 0.2) is 22.7 Å². The first kappa shape index (κ1) is 17.9. The lowest BCUT2D eigenvalue weighted by molar-refractivity contribution is 0.171. The monoisotopic (exact) mass is 364 g/mol. The number of likely N-dealkylation sites (tertiary alicyclic amines) is 1. The summed E-state index contributed by atoms with van der Waals surface area (Å²) in [6.45, 7) is 4.01. The molecule has 2 rings (SSSR count). The third-order valence-electron chi connectivity index (χ3n) is 3.92. The Balaban J connectivity index is 0.00000200. The van der Waals surface area contributed by atoms with Crippen LogP contribution in [0, 0.1) is 11.7 Å². The molecule has 1 aliphatic rings. The lowest BCUT2D eigenvalue weighted by atomic mass is 9.93. The van der Waals surface area contributed by atoms with Crippen LogP contribution in [0.3, 0.4) is 0 Å². The Bertz CT molecular complexity index is 409. The molecule has 1 heterocycles. The van der Waals surface area contributed by atoms with Crippen LogP contribution < -0.4 is 5.32 Å². The van der Waals surface area contributed by atoms with Crippen LogP contribution in [0.25, 0.3) is 0 Å². The van der Waals surface area contributed by atoms with Crippen molar-refractivity contribution >= 4 is 28.3 Å². The van der Waals surface area contributed by atoms with Crippen molar-refractivity contribution in [3.63, 3.8) is 0 Å². The largest absolute Gasteiger partial charge is 0.320 e. The number of nitrogens with one attached hydrogen (secondary N) is 1. The fraction of sp³-hybridized carbons (Fsp3) is 0.600. The van der Waals surface area contributed by atoms with E-state index < -0.39 is 0 Å². The van der Waals surface area contributed by atoms with Gasteiger partial charge in [0.2, 0.25) is 0 Å². The molecule has 5 heteroatoms. The number of halogens is 3. The van der Waals surface area contributed by atoms with E-state index in [2.05, 4.69) is 26.1 Å². The summed E-state index contributed by atoms with van der Waals surface area (Å²) in [6, 6.07) is 5.35. The Morgan fingerprint density at radius 1 is 1.35 bits per heavy atom. The second-order valence-electron chi connectivity index (χ2n) is 5.35. The molecular formula is C15H23BrClFN2. The Hall–Kier alpha value is -0.160. The molecule has 1 N–H and O–H groups in total. The van der Waals surface area contributed by atoms with Gasteiger partial charge in [-0.25, -0.2) is 4.39 Å². The van der Waals surface area contributed by atoms with Gasteiger partial charge in [0.25, 0.3) is 0 Å². The van der Waals surface area contributed by atoms with Crippen molar-refractivity contribution < 1.29 is 4.39 Å². The van der Waals surface area contributed by atoms with Gasteiger partial charge < -0.3 is 5.32 Å². The van der Waals surface area contributed by atoms with Gasteiger partial charge in [-0.3, -0.25) is 4.90 Å². The molecule has 0 spiro atoms. The average Bonchev–Trinajstić information content (AvgIpc) is 2.41. The third-order valence-corrected chi connectivity index (χ3v) is 4.41. The molecule has 0 aromatic heterocycles. The van der Waals surface area contributed by atoms with Gasteiger partial charge in [-0.2, -0.15) is 0 Å². The van der Waals surface area contributed by atoms with Crippen molar-refractivity contribution in [2.45, 2.75) is 25.8 Å². The van der Waals surface area contributed by atoms with E-state index in [0.29, 0.717) is 0 Å². The van der Waals surface area contributed by atoms with Gasteiger partial charge in [0.05, 0.1) is 0 Å². The minimum Gasteiger partial charge on any atom is -0.320 e. The lowest BCUT2D eigenvalue weighted by Gasteiger charge is -2.32. The van der Waals surface area contributed by atoms with Crippen LogP contribution in [0.5, 0.6) is 0 Å². The first-order chi connectivity index (χ1) is 9.19. The van der Waals surface area contributed by atoms with Crippen molar-refractivity contribution in [3.05, 3.63) is 34.1 Å². The highest BCUT2D eigenvalue weighted by Crippen LogP contribution is 2.23. The van der Waals surface area contributed by atoms with Crippen LogP contribution in [0.1, 0.15) is 24.8 Å². The maximum Gasteiger partial charge on any atom is 0.128 e. The van der Waals surface area contributed by atoms with Gasteiger partial charge in [-0.05, 0) is 64.0 Å². The SMILES string of the molecule is CNCCC1CCN(Cc2ccc(Br)cc2F)CC1.Cl. The highest BCUT2D eigenvalue weighted by atomic mass is 79.9. The molecule has 1 aliphatic heterocycles. The van der Waals surface area contributed by atoms with Crippen molar-refractivity contribution in [2.75, 3.05) is 26.7 Å².